The topological polar surface area (TPSA) is 389 Å². The van der Waals surface area contributed by atoms with Crippen LogP contribution in [0.2, 0.25) is 0 Å². The molecule has 0 atom stereocenters. The maximum atomic E-state index is 11.9. The monoisotopic (exact) mass is 1010 g/mol. The molecule has 6 N–H and O–H groups in total. The van der Waals surface area contributed by atoms with Crippen molar-refractivity contribution >= 4 is 96.1 Å². The van der Waals surface area contributed by atoms with Gasteiger partial charge in [-0.05, 0) is 66.1 Å². The molecule has 0 radical (unpaired) electrons. The summed E-state index contributed by atoms with van der Waals surface area (Å²) in [4.78, 5) is -4.69. The molecule has 30 heteroatoms. The van der Waals surface area contributed by atoms with Gasteiger partial charge < -0.3 is 49.4 Å². The Labute approximate surface area is 459 Å². The fourth-order valence-electron chi connectivity index (χ4n) is 6.18. The average Bonchev–Trinajstić information content (AvgIpc) is 3.16. The Kier molecular flexibility index (Phi) is 20.1. The molecule has 0 unspecified atom stereocenters. The number of nitrogens with zero attached hydrogens (tertiary/aromatic N) is 4. The van der Waals surface area contributed by atoms with Gasteiger partial charge in [0.1, 0.15) is 74.7 Å². The average molecular weight is 1010 g/mol. The van der Waals surface area contributed by atoms with Crippen molar-refractivity contribution in [2.45, 2.75) is 26.0 Å². The second-order valence-corrected chi connectivity index (χ2v) is 18.1. The number of anilines is 2. The number of aromatic hydroxyl groups is 2. The van der Waals surface area contributed by atoms with Crippen LogP contribution in [0.4, 0.5) is 34.1 Å². The van der Waals surface area contributed by atoms with Crippen LogP contribution in [0.25, 0.3) is 21.5 Å². The molecule has 0 aromatic heterocycles. The minimum Gasteiger partial charge on any atom is -0.744 e. The normalized spacial score (nSPS) is 12.0. The van der Waals surface area contributed by atoms with Gasteiger partial charge in [0.2, 0.25) is 0 Å². The molecule has 320 valence electrons. The van der Waals surface area contributed by atoms with E-state index in [1.807, 2.05) is 0 Å². The van der Waals surface area contributed by atoms with Crippen molar-refractivity contribution in [1.29, 1.82) is 0 Å². The number of methoxy groups -OCH3 is 2. The number of nitrogens with two attached hydrogens (primary N) is 2. The van der Waals surface area contributed by atoms with Gasteiger partial charge in [-0.3, -0.25) is 0 Å². The van der Waals surface area contributed by atoms with Gasteiger partial charge in [0.05, 0.1) is 55.9 Å². The number of hydrogen-bond acceptors (Lipinski definition) is 22. The molecule has 0 aliphatic carbocycles. The van der Waals surface area contributed by atoms with Crippen LogP contribution in [0, 0.1) is 0 Å². The zero-order chi connectivity index (χ0) is 45.0. The number of ether oxygens (including phenoxy) is 2. The first-order valence-corrected chi connectivity index (χ1v) is 22.2. The Bertz CT molecular complexity index is 3160. The first-order valence-electron chi connectivity index (χ1n) is 16.5. The zero-order valence-corrected chi connectivity index (χ0v) is 46.1. The summed E-state index contributed by atoms with van der Waals surface area (Å²) in [6.07, 6.45) is 0.267. The molecule has 0 saturated carbocycles. The van der Waals surface area contributed by atoms with E-state index in [4.69, 9.17) is 20.9 Å². The van der Waals surface area contributed by atoms with E-state index in [0.29, 0.717) is 23.3 Å². The number of rotatable bonds is 12. The molecule has 0 spiro atoms. The van der Waals surface area contributed by atoms with Crippen LogP contribution in [0.5, 0.6) is 23.0 Å². The second kappa shape index (κ2) is 22.3. The summed E-state index contributed by atoms with van der Waals surface area (Å²) in [5.74, 6) is -1.37. The standard InChI is InChI=1S/C35H30N6O16S4.4Na/c1-56-24-12-16(3-7-20(24)38-40-22-9-5-18-26(58(44,45)46)14-28(60(50,51)52)32(36)30(18)34(22)42)11-17-4-8-21(25(13-17)57-2)39-41-23-10-6-19-27(59(47,48)49)15-29(61(53,54)55)33(37)31(19)35(23)43;;;;/h3-10,12-15,42-43H,11,36-37H2,1-2H3,(H,44,45,46)(H,47,48,49)(H,50,51,52)(H,53,54,55);;;;/q;4*+1/p-4. The van der Waals surface area contributed by atoms with E-state index in [1.165, 1.54) is 26.4 Å². The van der Waals surface area contributed by atoms with Crippen LogP contribution < -0.4 is 139 Å². The van der Waals surface area contributed by atoms with Gasteiger partial charge in [-0.25, -0.2) is 33.7 Å². The van der Waals surface area contributed by atoms with Crippen LogP contribution in [0.15, 0.2) is 113 Å². The molecule has 0 heterocycles. The Balaban J connectivity index is 0.00000363. The Morgan fingerprint density at radius 3 is 1.06 bits per heavy atom. The summed E-state index contributed by atoms with van der Waals surface area (Å²) in [7, 11) is -18.8. The number of phenols is 2. The molecule has 6 rings (SSSR count). The minimum atomic E-state index is -5.40. The SMILES string of the molecule is COc1cc(Cc2ccc(N=Nc3ccc4c(S(=O)(=O)[O-])cc(S(=O)(=O)[O-])c(N)c4c3O)c(OC)c2)ccc1N=Nc1ccc2c(S(=O)(=O)[O-])cc(S(=O)(=O)[O-])c(N)c2c1O.[Na+].[Na+].[Na+].[Na+]. The number of benzene rings is 6. The zero-order valence-electron chi connectivity index (χ0n) is 34.8. The summed E-state index contributed by atoms with van der Waals surface area (Å²) in [5, 5.41) is 35.8. The van der Waals surface area contributed by atoms with Crippen LogP contribution in [0.1, 0.15) is 11.1 Å². The van der Waals surface area contributed by atoms with E-state index in [9.17, 15) is 62.1 Å². The van der Waals surface area contributed by atoms with Crippen molar-refractivity contribution in [3.63, 3.8) is 0 Å². The van der Waals surface area contributed by atoms with Crippen molar-refractivity contribution < 1.29 is 190 Å². The molecule has 6 aromatic carbocycles. The van der Waals surface area contributed by atoms with Crippen LogP contribution in [-0.2, 0) is 46.9 Å². The van der Waals surface area contributed by atoms with Gasteiger partial charge in [0.25, 0.3) is 0 Å². The van der Waals surface area contributed by atoms with E-state index in [0.717, 1.165) is 24.3 Å². The fourth-order valence-corrected chi connectivity index (χ4v) is 9.00. The predicted molar refractivity (Wildman–Crippen MR) is 209 cm³/mol. The van der Waals surface area contributed by atoms with Crippen molar-refractivity contribution in [1.82, 2.24) is 0 Å². The van der Waals surface area contributed by atoms with Crippen LogP contribution in [-0.4, -0.2) is 76.3 Å². The molecule has 65 heavy (non-hydrogen) atoms. The van der Waals surface area contributed by atoms with Gasteiger partial charge in [-0.15, -0.1) is 20.5 Å². The van der Waals surface area contributed by atoms with Gasteiger partial charge in [-0.2, -0.15) is 0 Å². The smallest absolute Gasteiger partial charge is 0.744 e. The summed E-state index contributed by atoms with van der Waals surface area (Å²) < 4.78 is 153. The van der Waals surface area contributed by atoms with Crippen LogP contribution in [0.3, 0.4) is 0 Å². The van der Waals surface area contributed by atoms with Gasteiger partial charge in [0, 0.05) is 10.8 Å². The van der Waals surface area contributed by atoms with Gasteiger partial charge in [-0.1, -0.05) is 24.3 Å². The molecular formula is C35H26N6Na4O16S4. The third-order valence-electron chi connectivity index (χ3n) is 8.94. The van der Waals surface area contributed by atoms with E-state index < -0.39 is 104 Å². The first-order chi connectivity index (χ1) is 28.3. The quantitative estimate of drug-likeness (QED) is 0.0383. The Morgan fingerprint density at radius 1 is 0.477 bits per heavy atom. The Hall–Kier alpha value is -2.52. The predicted octanol–water partition coefficient (Wildman–Crippen LogP) is -7.36. The van der Waals surface area contributed by atoms with Crippen molar-refractivity contribution in [3.05, 3.63) is 83.9 Å². The van der Waals surface area contributed by atoms with E-state index in [-0.39, 0.29) is 159 Å². The van der Waals surface area contributed by atoms with E-state index in [1.54, 1.807) is 24.3 Å². The molecule has 0 amide bonds. The molecule has 22 nitrogen and oxygen atoms in total. The maximum Gasteiger partial charge on any atom is 1.00 e. The molecule has 6 aromatic rings. The largest absolute Gasteiger partial charge is 1.00 e. The fraction of sp³-hybridized carbons (Fsp3) is 0.0857. The van der Waals surface area contributed by atoms with Crippen molar-refractivity contribution in [2.24, 2.45) is 20.5 Å². The first kappa shape index (κ1) is 58.6. The molecule has 0 aliphatic rings. The van der Waals surface area contributed by atoms with Gasteiger partial charge >= 0.3 is 118 Å². The van der Waals surface area contributed by atoms with Crippen LogP contribution >= 0.6 is 0 Å². The molecule has 0 aliphatic heterocycles. The molecule has 0 saturated heterocycles. The number of nitrogen functional groups attached to an aromatic ring is 2. The molecule has 0 bridgehead atoms. The third kappa shape index (κ3) is 12.6. The molecular weight excluding hydrogens is 981 g/mol. The minimum absolute atomic E-state index is 0. The molecule has 0 fully saturated rings. The Morgan fingerprint density at radius 2 is 0.769 bits per heavy atom. The number of azo groups is 2. The number of hydrogen-bond donors (Lipinski definition) is 4. The maximum absolute atomic E-state index is 11.9. The second-order valence-electron chi connectivity index (χ2n) is 12.7. The van der Waals surface area contributed by atoms with Crippen molar-refractivity contribution in [2.75, 3.05) is 25.7 Å². The summed E-state index contributed by atoms with van der Waals surface area (Å²) in [6, 6.07) is 14.4. The van der Waals surface area contributed by atoms with Gasteiger partial charge in [0.15, 0.2) is 11.5 Å². The summed E-state index contributed by atoms with van der Waals surface area (Å²) in [6.45, 7) is 0. The number of phenolic OH excluding ortho intramolecular Hbond substituents is 2. The van der Waals surface area contributed by atoms with E-state index >= 15 is 0 Å². The third-order valence-corrected chi connectivity index (χ3v) is 12.4. The summed E-state index contributed by atoms with van der Waals surface area (Å²) in [5.41, 5.74) is 10.9. The van der Waals surface area contributed by atoms with Crippen molar-refractivity contribution in [3.8, 4) is 23.0 Å². The number of fused-ring (bicyclic) bond motifs is 2. The summed E-state index contributed by atoms with van der Waals surface area (Å²) >= 11 is 0. The van der Waals surface area contributed by atoms with E-state index in [2.05, 4.69) is 20.5 Å².